The van der Waals surface area contributed by atoms with E-state index in [9.17, 15) is 23.7 Å². The summed E-state index contributed by atoms with van der Waals surface area (Å²) in [6.07, 6.45) is 3.26. The summed E-state index contributed by atoms with van der Waals surface area (Å²) in [5.41, 5.74) is 2.79. The number of fused-ring (bicyclic) bond motifs is 1. The largest absolute Gasteiger partial charge is 0.508 e. The zero-order chi connectivity index (χ0) is 21.8. The van der Waals surface area contributed by atoms with Gasteiger partial charge in [-0.3, -0.25) is 9.45 Å². The Morgan fingerprint density at radius 2 is 1.83 bits per heavy atom. The fourth-order valence-corrected chi connectivity index (χ4v) is 3.61. The molecule has 3 rings (SSSR count). The molecular formula is C20H24ClNO6S. The Kier molecular flexibility index (Phi) is 7.54. The van der Waals surface area contributed by atoms with Crippen LogP contribution in [0.4, 0.5) is 0 Å². The molecule has 0 radical (unpaired) electrons. The zero-order valence-corrected chi connectivity index (χ0v) is 17.5. The van der Waals surface area contributed by atoms with E-state index < -0.39 is 10.1 Å². The van der Waals surface area contributed by atoms with Crippen LogP contribution >= 0.6 is 11.6 Å². The molecule has 0 aliphatic carbocycles. The highest BCUT2D eigenvalue weighted by Crippen LogP contribution is 2.43. The minimum absolute atomic E-state index is 0.0213. The Morgan fingerprint density at radius 1 is 1.24 bits per heavy atom. The van der Waals surface area contributed by atoms with Gasteiger partial charge in [0, 0.05) is 25.6 Å². The van der Waals surface area contributed by atoms with E-state index in [-0.39, 0.29) is 28.2 Å². The number of rotatable bonds is 3. The van der Waals surface area contributed by atoms with Gasteiger partial charge in [0.2, 0.25) is 0 Å². The molecule has 2 aromatic carbocycles. The molecule has 7 nitrogen and oxygen atoms in total. The average molecular weight is 442 g/mol. The number of hydrogen-bond acceptors (Lipinski definition) is 6. The third-order valence-corrected chi connectivity index (χ3v) is 4.94. The maximum atomic E-state index is 10.0. The number of hydrogen-bond donors (Lipinski definition) is 4. The van der Waals surface area contributed by atoms with Crippen LogP contribution in [0.3, 0.4) is 0 Å². The van der Waals surface area contributed by atoms with Crippen molar-refractivity contribution in [1.29, 1.82) is 0 Å². The number of phenols is 3. The molecule has 0 amide bonds. The Balaban J connectivity index is 0.000000537. The molecule has 29 heavy (non-hydrogen) atoms. The highest BCUT2D eigenvalue weighted by atomic mass is 35.5. The summed E-state index contributed by atoms with van der Waals surface area (Å²) in [6, 6.07) is 8.66. The molecular weight excluding hydrogens is 418 g/mol. The van der Waals surface area contributed by atoms with Crippen LogP contribution in [-0.2, 0) is 16.5 Å². The number of halogens is 1. The minimum atomic E-state index is -3.67. The van der Waals surface area contributed by atoms with Crippen molar-refractivity contribution in [2.45, 2.75) is 12.3 Å². The van der Waals surface area contributed by atoms with Crippen molar-refractivity contribution in [3.05, 3.63) is 64.7 Å². The molecule has 158 valence electrons. The van der Waals surface area contributed by atoms with Gasteiger partial charge in [-0.1, -0.05) is 29.8 Å². The maximum Gasteiger partial charge on any atom is 0.261 e. The number of aromatic hydroxyl groups is 3. The zero-order valence-electron chi connectivity index (χ0n) is 15.9. The smallest absolute Gasteiger partial charge is 0.261 e. The van der Waals surface area contributed by atoms with Crippen LogP contribution in [0.25, 0.3) is 0 Å². The van der Waals surface area contributed by atoms with Crippen LogP contribution in [0, 0.1) is 0 Å². The summed E-state index contributed by atoms with van der Waals surface area (Å²) >= 11 is 6.30. The normalized spacial score (nSPS) is 16.9. The molecule has 1 aliphatic rings. The highest BCUT2D eigenvalue weighted by molar-refractivity contribution is 7.85. The first-order chi connectivity index (χ1) is 13.5. The van der Waals surface area contributed by atoms with Crippen molar-refractivity contribution >= 4 is 21.7 Å². The van der Waals surface area contributed by atoms with Gasteiger partial charge in [0.15, 0.2) is 11.5 Å². The van der Waals surface area contributed by atoms with Crippen LogP contribution in [-0.4, -0.2) is 59.1 Å². The van der Waals surface area contributed by atoms with Crippen molar-refractivity contribution in [2.24, 2.45) is 0 Å². The third kappa shape index (κ3) is 6.37. The van der Waals surface area contributed by atoms with Crippen LogP contribution < -0.4 is 0 Å². The summed E-state index contributed by atoms with van der Waals surface area (Å²) in [7, 11) is -3.67. The summed E-state index contributed by atoms with van der Waals surface area (Å²) in [5.74, 6) is -0.286. The van der Waals surface area contributed by atoms with Gasteiger partial charge in [-0.05, 0) is 41.3 Å². The van der Waals surface area contributed by atoms with E-state index in [0.717, 1.165) is 36.3 Å². The summed E-state index contributed by atoms with van der Waals surface area (Å²) in [5, 5.41) is 29.8. The highest BCUT2D eigenvalue weighted by Gasteiger charge is 2.28. The Hall–Kier alpha value is -2.26. The van der Waals surface area contributed by atoms with Crippen LogP contribution in [0.1, 0.15) is 22.6 Å². The lowest BCUT2D eigenvalue weighted by Gasteiger charge is -2.24. The number of benzene rings is 2. The quantitative estimate of drug-likeness (QED) is 0.328. The van der Waals surface area contributed by atoms with E-state index >= 15 is 0 Å². The second-order valence-corrected chi connectivity index (χ2v) is 8.65. The third-order valence-electron chi connectivity index (χ3n) is 4.53. The van der Waals surface area contributed by atoms with E-state index in [1.54, 1.807) is 18.2 Å². The van der Waals surface area contributed by atoms with E-state index in [1.165, 1.54) is 0 Å². The predicted octanol–water partition coefficient (Wildman–Crippen LogP) is 3.14. The van der Waals surface area contributed by atoms with Gasteiger partial charge in [0.25, 0.3) is 10.1 Å². The monoisotopic (exact) mass is 441 g/mol. The van der Waals surface area contributed by atoms with E-state index in [2.05, 4.69) is 11.5 Å². The van der Waals surface area contributed by atoms with E-state index in [1.807, 2.05) is 18.2 Å². The molecule has 1 aliphatic heterocycles. The van der Waals surface area contributed by atoms with Crippen molar-refractivity contribution in [2.75, 3.05) is 25.9 Å². The number of nitrogens with zero attached hydrogens (tertiary/aromatic N) is 1. The van der Waals surface area contributed by atoms with Gasteiger partial charge >= 0.3 is 0 Å². The lowest BCUT2D eigenvalue weighted by molar-refractivity contribution is 0.306. The minimum Gasteiger partial charge on any atom is -0.508 e. The van der Waals surface area contributed by atoms with Gasteiger partial charge in [0.05, 0.1) is 11.3 Å². The van der Waals surface area contributed by atoms with Crippen molar-refractivity contribution in [3.63, 3.8) is 0 Å². The molecule has 9 heteroatoms. The molecule has 4 N–H and O–H groups in total. The average Bonchev–Trinajstić information content (AvgIpc) is 2.79. The number of phenolic OH excluding ortho intramolecular Hbond substituents is 3. The molecule has 0 saturated heterocycles. The van der Waals surface area contributed by atoms with Crippen molar-refractivity contribution < 1.29 is 28.3 Å². The second-order valence-electron chi connectivity index (χ2n) is 6.80. The van der Waals surface area contributed by atoms with Gasteiger partial charge in [-0.2, -0.15) is 8.42 Å². The standard InChI is InChI=1S/C19H20ClNO3.CH4O3S/c1-2-8-21-9-7-14-15(10-17(23)19(24)18(14)20)16(11-21)12-3-5-13(22)6-4-12;1-5(2,3)4/h2-6,10,16,22-24H,1,7-9,11H2;1H3,(H,2,3,4). The SMILES string of the molecule is C=CCN1CCc2c(cc(O)c(O)c2Cl)C(c2ccc(O)cc2)C1.CS(=O)(=O)O. The summed E-state index contributed by atoms with van der Waals surface area (Å²) in [4.78, 5) is 2.26. The predicted molar refractivity (Wildman–Crippen MR) is 113 cm³/mol. The fraction of sp³-hybridized carbons (Fsp3) is 0.300. The first-order valence-electron chi connectivity index (χ1n) is 8.79. The molecule has 1 atom stereocenters. The Labute approximate surface area is 175 Å². The maximum absolute atomic E-state index is 10.0. The molecule has 2 aromatic rings. The molecule has 1 unspecified atom stereocenters. The van der Waals surface area contributed by atoms with Gasteiger partial charge in [-0.25, -0.2) is 0 Å². The first kappa shape index (κ1) is 23.0. The second kappa shape index (κ2) is 9.49. The summed E-state index contributed by atoms with van der Waals surface area (Å²) < 4.78 is 25.9. The van der Waals surface area contributed by atoms with Crippen LogP contribution in [0.2, 0.25) is 5.02 Å². The van der Waals surface area contributed by atoms with Crippen LogP contribution in [0.15, 0.2) is 43.0 Å². The van der Waals surface area contributed by atoms with Crippen molar-refractivity contribution in [1.82, 2.24) is 4.90 Å². The van der Waals surface area contributed by atoms with Gasteiger partial charge in [0.1, 0.15) is 5.75 Å². The first-order valence-corrected chi connectivity index (χ1v) is 11.0. The van der Waals surface area contributed by atoms with Crippen molar-refractivity contribution in [3.8, 4) is 17.2 Å². The fourth-order valence-electron chi connectivity index (χ4n) is 3.31. The molecule has 0 aromatic heterocycles. The van der Waals surface area contributed by atoms with E-state index in [4.69, 9.17) is 16.2 Å². The Morgan fingerprint density at radius 3 is 2.38 bits per heavy atom. The lowest BCUT2D eigenvalue weighted by Crippen LogP contribution is -2.28. The lowest BCUT2D eigenvalue weighted by atomic mass is 9.87. The van der Waals surface area contributed by atoms with Gasteiger partial charge in [-0.15, -0.1) is 6.58 Å². The van der Waals surface area contributed by atoms with E-state index in [0.29, 0.717) is 12.7 Å². The molecule has 0 spiro atoms. The molecule has 0 bridgehead atoms. The molecule has 1 heterocycles. The molecule has 0 fully saturated rings. The molecule has 0 saturated carbocycles. The van der Waals surface area contributed by atoms with Crippen LogP contribution in [0.5, 0.6) is 17.2 Å². The Bertz CT molecular complexity index is 967. The topological polar surface area (TPSA) is 118 Å². The van der Waals surface area contributed by atoms with Gasteiger partial charge < -0.3 is 15.3 Å². The summed E-state index contributed by atoms with van der Waals surface area (Å²) in [6.45, 7) is 6.09.